The number of amides is 1. The van der Waals surface area contributed by atoms with Crippen LogP contribution in [0.2, 0.25) is 0 Å². The number of carbonyl (C=O) groups excluding carboxylic acids is 1. The summed E-state index contributed by atoms with van der Waals surface area (Å²) < 4.78 is 1.01. The van der Waals surface area contributed by atoms with E-state index in [1.807, 2.05) is 17.0 Å². The second-order valence-corrected chi connectivity index (χ2v) is 6.90. The third-order valence-electron chi connectivity index (χ3n) is 3.17. The number of piperidine rings is 1. The number of likely N-dealkylation sites (tertiary alicyclic amines) is 1. The Kier molecular flexibility index (Phi) is 4.59. The van der Waals surface area contributed by atoms with Crippen LogP contribution < -0.4 is 5.73 Å². The summed E-state index contributed by atoms with van der Waals surface area (Å²) in [5.74, 6) is 0.753. The molecule has 2 heterocycles. The smallest absolute Gasteiger partial charge is 0.263 e. The number of hydrogen-bond acceptors (Lipinski definition) is 3. The zero-order valence-electron chi connectivity index (χ0n) is 9.69. The normalized spacial score (nSPS) is 20.6. The van der Waals surface area contributed by atoms with Gasteiger partial charge in [0.2, 0.25) is 0 Å². The van der Waals surface area contributed by atoms with Crippen molar-refractivity contribution in [1.29, 1.82) is 0 Å². The van der Waals surface area contributed by atoms with E-state index in [1.54, 1.807) is 0 Å². The topological polar surface area (TPSA) is 46.3 Å². The zero-order valence-corrected chi connectivity index (χ0v) is 12.1. The number of halogens is 1. The van der Waals surface area contributed by atoms with Crippen molar-refractivity contribution in [2.45, 2.75) is 19.3 Å². The standard InChI is InChI=1S/C12H17BrN2OS/c13-11-4-3-10(17-11)12(16)15-7-1-2-9(8-15)5-6-14/h3-4,9H,1-2,5-8,14H2. The van der Waals surface area contributed by atoms with Gasteiger partial charge in [0.15, 0.2) is 0 Å². The van der Waals surface area contributed by atoms with Gasteiger partial charge in [-0.1, -0.05) is 0 Å². The average Bonchev–Trinajstić information content (AvgIpc) is 2.76. The summed E-state index contributed by atoms with van der Waals surface area (Å²) in [6, 6.07) is 3.82. The highest BCUT2D eigenvalue weighted by Gasteiger charge is 2.24. The second-order valence-electron chi connectivity index (χ2n) is 4.44. The van der Waals surface area contributed by atoms with E-state index in [0.29, 0.717) is 5.92 Å². The van der Waals surface area contributed by atoms with Crippen LogP contribution in [0.4, 0.5) is 0 Å². The van der Waals surface area contributed by atoms with Crippen molar-refractivity contribution in [3.8, 4) is 0 Å². The van der Waals surface area contributed by atoms with Gasteiger partial charge < -0.3 is 10.6 Å². The first kappa shape index (κ1) is 13.1. The van der Waals surface area contributed by atoms with Crippen molar-refractivity contribution in [2.24, 2.45) is 11.7 Å². The molecule has 3 nitrogen and oxygen atoms in total. The lowest BCUT2D eigenvalue weighted by atomic mass is 9.95. The van der Waals surface area contributed by atoms with Crippen LogP contribution >= 0.6 is 27.3 Å². The van der Waals surface area contributed by atoms with E-state index in [4.69, 9.17) is 5.73 Å². The maximum absolute atomic E-state index is 12.2. The van der Waals surface area contributed by atoms with Gasteiger partial charge in [-0.05, 0) is 59.8 Å². The monoisotopic (exact) mass is 316 g/mol. The molecular formula is C12H17BrN2OS. The summed E-state index contributed by atoms with van der Waals surface area (Å²) in [5, 5.41) is 0. The van der Waals surface area contributed by atoms with E-state index in [-0.39, 0.29) is 5.91 Å². The van der Waals surface area contributed by atoms with Gasteiger partial charge in [0.25, 0.3) is 5.91 Å². The summed E-state index contributed by atoms with van der Waals surface area (Å²) in [5.41, 5.74) is 5.59. The molecule has 1 aromatic heterocycles. The van der Waals surface area contributed by atoms with Crippen molar-refractivity contribution < 1.29 is 4.79 Å². The molecule has 1 fully saturated rings. The maximum atomic E-state index is 12.2. The van der Waals surface area contributed by atoms with E-state index in [1.165, 1.54) is 17.8 Å². The molecule has 2 rings (SSSR count). The molecule has 1 unspecified atom stereocenters. The van der Waals surface area contributed by atoms with Crippen LogP contribution in [-0.4, -0.2) is 30.4 Å². The fourth-order valence-corrected chi connectivity index (χ4v) is 3.66. The van der Waals surface area contributed by atoms with Gasteiger partial charge in [-0.2, -0.15) is 0 Å². The van der Waals surface area contributed by atoms with Crippen LogP contribution in [0.3, 0.4) is 0 Å². The Labute approximate surface area is 114 Å². The summed E-state index contributed by atoms with van der Waals surface area (Å²) in [7, 11) is 0. The maximum Gasteiger partial charge on any atom is 0.263 e. The second kappa shape index (κ2) is 5.98. The Bertz CT molecular complexity index is 392. The lowest BCUT2D eigenvalue weighted by Gasteiger charge is -2.32. The Morgan fingerprint density at radius 3 is 3.06 bits per heavy atom. The third-order valence-corrected chi connectivity index (χ3v) is 4.78. The van der Waals surface area contributed by atoms with Crippen molar-refractivity contribution in [1.82, 2.24) is 4.90 Å². The molecular weight excluding hydrogens is 300 g/mol. The average molecular weight is 317 g/mol. The van der Waals surface area contributed by atoms with Gasteiger partial charge in [-0.15, -0.1) is 11.3 Å². The lowest BCUT2D eigenvalue weighted by molar-refractivity contribution is 0.0674. The number of rotatable bonds is 3. The molecule has 1 aliphatic heterocycles. The van der Waals surface area contributed by atoms with E-state index < -0.39 is 0 Å². The summed E-state index contributed by atoms with van der Waals surface area (Å²) in [6.45, 7) is 2.47. The molecule has 17 heavy (non-hydrogen) atoms. The first-order valence-corrected chi connectivity index (χ1v) is 7.56. The number of thiophene rings is 1. The Balaban J connectivity index is 1.99. The van der Waals surface area contributed by atoms with Crippen molar-refractivity contribution >= 4 is 33.2 Å². The van der Waals surface area contributed by atoms with E-state index in [0.717, 1.165) is 41.1 Å². The molecule has 0 saturated carbocycles. The van der Waals surface area contributed by atoms with Crippen LogP contribution in [0.5, 0.6) is 0 Å². The highest BCUT2D eigenvalue weighted by molar-refractivity contribution is 9.11. The van der Waals surface area contributed by atoms with E-state index in [9.17, 15) is 4.79 Å². The van der Waals surface area contributed by atoms with Crippen molar-refractivity contribution in [3.05, 3.63) is 20.8 Å². The van der Waals surface area contributed by atoms with Crippen LogP contribution in [0, 0.1) is 5.92 Å². The largest absolute Gasteiger partial charge is 0.338 e. The number of nitrogens with zero attached hydrogens (tertiary/aromatic N) is 1. The van der Waals surface area contributed by atoms with Gasteiger partial charge in [-0.25, -0.2) is 0 Å². The highest BCUT2D eigenvalue weighted by Crippen LogP contribution is 2.26. The quantitative estimate of drug-likeness (QED) is 0.932. The molecule has 1 atom stereocenters. The molecule has 1 saturated heterocycles. The van der Waals surface area contributed by atoms with E-state index in [2.05, 4.69) is 15.9 Å². The SMILES string of the molecule is NCCC1CCCN(C(=O)c2ccc(Br)s2)C1. The first-order chi connectivity index (χ1) is 8.20. The molecule has 0 aliphatic carbocycles. The molecule has 94 valence electrons. The fraction of sp³-hybridized carbons (Fsp3) is 0.583. The van der Waals surface area contributed by atoms with Crippen molar-refractivity contribution in [3.63, 3.8) is 0 Å². The number of hydrogen-bond donors (Lipinski definition) is 1. The highest BCUT2D eigenvalue weighted by atomic mass is 79.9. The van der Waals surface area contributed by atoms with Crippen LogP contribution in [0.25, 0.3) is 0 Å². The van der Waals surface area contributed by atoms with Gasteiger partial charge >= 0.3 is 0 Å². The number of carbonyl (C=O) groups is 1. The lowest BCUT2D eigenvalue weighted by Crippen LogP contribution is -2.40. The molecule has 5 heteroatoms. The molecule has 0 spiro atoms. The molecule has 2 N–H and O–H groups in total. The predicted octanol–water partition coefficient (Wildman–Crippen LogP) is 2.71. The molecule has 1 amide bonds. The van der Waals surface area contributed by atoms with Crippen molar-refractivity contribution in [2.75, 3.05) is 19.6 Å². The Morgan fingerprint density at radius 1 is 1.59 bits per heavy atom. The summed E-state index contributed by atoms with van der Waals surface area (Å²) >= 11 is 4.90. The first-order valence-electron chi connectivity index (χ1n) is 5.95. The molecule has 0 aromatic carbocycles. The van der Waals surface area contributed by atoms with Gasteiger partial charge in [-0.3, -0.25) is 4.79 Å². The summed E-state index contributed by atoms with van der Waals surface area (Å²) in [6.07, 6.45) is 3.33. The van der Waals surface area contributed by atoms with Gasteiger partial charge in [0.05, 0.1) is 8.66 Å². The molecule has 1 aliphatic rings. The zero-order chi connectivity index (χ0) is 12.3. The van der Waals surface area contributed by atoms with Crippen LogP contribution in [-0.2, 0) is 0 Å². The van der Waals surface area contributed by atoms with Crippen LogP contribution in [0.15, 0.2) is 15.9 Å². The van der Waals surface area contributed by atoms with E-state index >= 15 is 0 Å². The number of nitrogens with two attached hydrogens (primary N) is 1. The summed E-state index contributed by atoms with van der Waals surface area (Å²) in [4.78, 5) is 15.0. The third kappa shape index (κ3) is 3.30. The predicted molar refractivity (Wildman–Crippen MR) is 74.3 cm³/mol. The molecule has 1 aromatic rings. The Morgan fingerprint density at radius 2 is 2.41 bits per heavy atom. The van der Waals surface area contributed by atoms with Gasteiger partial charge in [0, 0.05) is 13.1 Å². The minimum atomic E-state index is 0.169. The fourth-order valence-electron chi connectivity index (χ4n) is 2.31. The van der Waals surface area contributed by atoms with Gasteiger partial charge in [0.1, 0.15) is 0 Å². The molecule has 0 radical (unpaired) electrons. The minimum absolute atomic E-state index is 0.169. The van der Waals surface area contributed by atoms with Crippen LogP contribution in [0.1, 0.15) is 28.9 Å². The minimum Gasteiger partial charge on any atom is -0.338 e. The molecule has 0 bridgehead atoms. The Hall–Kier alpha value is -0.390.